The molecule has 1 saturated heterocycles. The summed E-state index contributed by atoms with van der Waals surface area (Å²) in [5, 5.41) is 9.13. The lowest BCUT2D eigenvalue weighted by molar-refractivity contribution is -0.137. The van der Waals surface area contributed by atoms with Gasteiger partial charge < -0.3 is 4.90 Å². The van der Waals surface area contributed by atoms with Crippen molar-refractivity contribution >= 4 is 15.7 Å². The molecule has 0 aliphatic carbocycles. The fourth-order valence-electron chi connectivity index (χ4n) is 2.99. The molecule has 0 saturated carbocycles. The highest BCUT2D eigenvalue weighted by atomic mass is 32.2. The van der Waals surface area contributed by atoms with Gasteiger partial charge in [-0.3, -0.25) is 0 Å². The van der Waals surface area contributed by atoms with Crippen molar-refractivity contribution in [3.8, 4) is 6.07 Å². The third-order valence-electron chi connectivity index (χ3n) is 4.40. The van der Waals surface area contributed by atoms with E-state index in [1.165, 1.54) is 22.5 Å². The topological polar surface area (TPSA) is 64.4 Å². The first-order valence-corrected chi connectivity index (χ1v) is 9.59. The molecule has 3 rings (SSSR count). The number of anilines is 1. The Labute approximate surface area is 155 Å². The molecule has 142 valence electrons. The van der Waals surface area contributed by atoms with Crippen LogP contribution in [0.5, 0.6) is 0 Å². The van der Waals surface area contributed by atoms with E-state index >= 15 is 0 Å². The maximum Gasteiger partial charge on any atom is 0.416 e. The van der Waals surface area contributed by atoms with Crippen molar-refractivity contribution in [2.24, 2.45) is 0 Å². The van der Waals surface area contributed by atoms with Crippen molar-refractivity contribution in [3.63, 3.8) is 0 Å². The summed E-state index contributed by atoms with van der Waals surface area (Å²) in [7, 11) is -3.84. The minimum absolute atomic E-state index is 0.0555. The van der Waals surface area contributed by atoms with Gasteiger partial charge in [0.2, 0.25) is 10.0 Å². The van der Waals surface area contributed by atoms with Gasteiger partial charge in [0, 0.05) is 31.9 Å². The normalized spacial score (nSPS) is 16.1. The molecule has 1 aliphatic heterocycles. The third kappa shape index (κ3) is 3.91. The molecule has 1 fully saturated rings. The van der Waals surface area contributed by atoms with Crippen LogP contribution in [0.15, 0.2) is 53.4 Å². The van der Waals surface area contributed by atoms with Crippen molar-refractivity contribution < 1.29 is 21.6 Å². The first-order chi connectivity index (χ1) is 12.7. The monoisotopic (exact) mass is 395 g/mol. The molecule has 1 heterocycles. The predicted molar refractivity (Wildman–Crippen MR) is 93.6 cm³/mol. The quantitative estimate of drug-likeness (QED) is 0.801. The van der Waals surface area contributed by atoms with E-state index in [1.807, 2.05) is 6.07 Å². The first kappa shape index (κ1) is 19.2. The zero-order chi connectivity index (χ0) is 19.7. The predicted octanol–water partition coefficient (Wildman–Crippen LogP) is 3.09. The second-order valence-electron chi connectivity index (χ2n) is 6.05. The summed E-state index contributed by atoms with van der Waals surface area (Å²) in [6.45, 7) is 0.765. The molecule has 0 spiro atoms. The molecule has 0 atom stereocenters. The molecule has 2 aromatic carbocycles. The molecule has 0 unspecified atom stereocenters. The second kappa shape index (κ2) is 7.21. The molecule has 0 aromatic heterocycles. The molecule has 0 bridgehead atoms. The Morgan fingerprint density at radius 1 is 0.963 bits per heavy atom. The van der Waals surface area contributed by atoms with Crippen molar-refractivity contribution in [1.82, 2.24) is 4.31 Å². The van der Waals surface area contributed by atoms with Crippen LogP contribution in [0.2, 0.25) is 0 Å². The van der Waals surface area contributed by atoms with E-state index in [9.17, 15) is 21.6 Å². The summed E-state index contributed by atoms with van der Waals surface area (Å²) >= 11 is 0. The molecular weight excluding hydrogens is 379 g/mol. The zero-order valence-corrected chi connectivity index (χ0v) is 15.0. The van der Waals surface area contributed by atoms with Crippen LogP contribution in [0.1, 0.15) is 11.1 Å². The number of nitrogens with zero attached hydrogens (tertiary/aromatic N) is 3. The third-order valence-corrected chi connectivity index (χ3v) is 6.36. The zero-order valence-electron chi connectivity index (χ0n) is 14.1. The van der Waals surface area contributed by atoms with Gasteiger partial charge >= 0.3 is 6.18 Å². The maximum absolute atomic E-state index is 12.9. The van der Waals surface area contributed by atoms with Crippen LogP contribution in [-0.4, -0.2) is 38.9 Å². The minimum Gasteiger partial charge on any atom is -0.369 e. The number of hydrogen-bond donors (Lipinski definition) is 0. The van der Waals surface area contributed by atoms with Crippen molar-refractivity contribution in [3.05, 3.63) is 59.7 Å². The van der Waals surface area contributed by atoms with Gasteiger partial charge in [0.25, 0.3) is 0 Å². The summed E-state index contributed by atoms with van der Waals surface area (Å²) in [5.74, 6) is 0. The van der Waals surface area contributed by atoms with Crippen molar-refractivity contribution in [1.29, 1.82) is 5.26 Å². The standard InChI is InChI=1S/C18H16F3N3O2S/c19-18(20,21)15-5-3-6-16(12-15)23-8-10-24(11-9-23)27(25,26)17-7-2-1-4-14(17)13-22/h1-7,12H,8-11H2. The number of hydrogen-bond acceptors (Lipinski definition) is 4. The average Bonchev–Trinajstić information content (AvgIpc) is 2.67. The number of sulfonamides is 1. The van der Waals surface area contributed by atoms with Crippen molar-refractivity contribution in [2.45, 2.75) is 11.1 Å². The second-order valence-corrected chi connectivity index (χ2v) is 7.95. The van der Waals surface area contributed by atoms with Crippen molar-refractivity contribution in [2.75, 3.05) is 31.1 Å². The van der Waals surface area contributed by atoms with Gasteiger partial charge in [-0.2, -0.15) is 22.7 Å². The molecule has 0 N–H and O–H groups in total. The average molecular weight is 395 g/mol. The molecular formula is C18H16F3N3O2S. The van der Waals surface area contributed by atoms with Gasteiger partial charge in [-0.1, -0.05) is 18.2 Å². The van der Waals surface area contributed by atoms with E-state index in [4.69, 9.17) is 5.26 Å². The lowest BCUT2D eigenvalue weighted by Gasteiger charge is -2.35. The van der Waals surface area contributed by atoms with E-state index in [0.717, 1.165) is 12.1 Å². The highest BCUT2D eigenvalue weighted by Gasteiger charge is 2.33. The Bertz CT molecular complexity index is 976. The molecule has 1 aliphatic rings. The van der Waals surface area contributed by atoms with E-state index in [-0.39, 0.29) is 36.6 Å². The van der Waals surface area contributed by atoms with Crippen LogP contribution in [0.4, 0.5) is 18.9 Å². The smallest absolute Gasteiger partial charge is 0.369 e. The van der Waals surface area contributed by atoms with Gasteiger partial charge in [0.05, 0.1) is 16.0 Å². The van der Waals surface area contributed by atoms with E-state index in [1.54, 1.807) is 23.1 Å². The van der Waals surface area contributed by atoms with Crippen LogP contribution in [0.3, 0.4) is 0 Å². The fraction of sp³-hybridized carbons (Fsp3) is 0.278. The Morgan fingerprint density at radius 2 is 1.63 bits per heavy atom. The molecule has 27 heavy (non-hydrogen) atoms. The van der Waals surface area contributed by atoms with Gasteiger partial charge in [-0.25, -0.2) is 8.42 Å². The summed E-state index contributed by atoms with van der Waals surface area (Å²) < 4.78 is 65.5. The number of halogens is 3. The van der Waals surface area contributed by atoms with E-state index in [0.29, 0.717) is 5.69 Å². The number of piperazine rings is 1. The molecule has 0 radical (unpaired) electrons. The van der Waals surface area contributed by atoms with Crippen LogP contribution >= 0.6 is 0 Å². The van der Waals surface area contributed by atoms with Gasteiger partial charge in [-0.15, -0.1) is 0 Å². The summed E-state index contributed by atoms with van der Waals surface area (Å²) in [5.41, 5.74) is -0.268. The molecule has 5 nitrogen and oxygen atoms in total. The number of nitriles is 1. The molecule has 0 amide bonds. The van der Waals surface area contributed by atoms with Crippen LogP contribution in [0.25, 0.3) is 0 Å². The minimum atomic E-state index is -4.43. The van der Waals surface area contributed by atoms with Gasteiger partial charge in [0.1, 0.15) is 6.07 Å². The summed E-state index contributed by atoms with van der Waals surface area (Å²) in [4.78, 5) is 1.66. The largest absolute Gasteiger partial charge is 0.416 e. The Kier molecular flexibility index (Phi) is 5.13. The Hall–Kier alpha value is -2.57. The highest BCUT2D eigenvalue weighted by Crippen LogP contribution is 2.32. The summed E-state index contributed by atoms with van der Waals surface area (Å²) in [6.07, 6.45) is -4.43. The van der Waals surface area contributed by atoms with Gasteiger partial charge in [-0.05, 0) is 30.3 Å². The number of rotatable bonds is 3. The Balaban J connectivity index is 1.77. The first-order valence-electron chi connectivity index (χ1n) is 8.15. The number of alkyl halides is 3. The Morgan fingerprint density at radius 3 is 2.26 bits per heavy atom. The molecule has 9 heteroatoms. The fourth-order valence-corrected chi connectivity index (χ4v) is 4.55. The summed E-state index contributed by atoms with van der Waals surface area (Å²) in [6, 6.07) is 12.8. The van der Waals surface area contributed by atoms with Crippen LogP contribution in [-0.2, 0) is 16.2 Å². The lowest BCUT2D eigenvalue weighted by Crippen LogP contribution is -2.48. The highest BCUT2D eigenvalue weighted by molar-refractivity contribution is 7.89. The van der Waals surface area contributed by atoms with E-state index < -0.39 is 21.8 Å². The SMILES string of the molecule is N#Cc1ccccc1S(=O)(=O)N1CCN(c2cccc(C(F)(F)F)c2)CC1. The van der Waals surface area contributed by atoms with E-state index in [2.05, 4.69) is 0 Å². The van der Waals surface area contributed by atoms with Gasteiger partial charge in [0.15, 0.2) is 0 Å². The van der Waals surface area contributed by atoms with Crippen LogP contribution in [0, 0.1) is 11.3 Å². The lowest BCUT2D eigenvalue weighted by atomic mass is 10.1. The maximum atomic E-state index is 12.9. The number of benzene rings is 2. The van der Waals surface area contributed by atoms with Crippen LogP contribution < -0.4 is 4.90 Å². The molecule has 2 aromatic rings.